The molecule has 0 aliphatic rings. The highest BCUT2D eigenvalue weighted by atomic mass is 35.5. The fourth-order valence-electron chi connectivity index (χ4n) is 1.51. The van der Waals surface area contributed by atoms with E-state index in [-0.39, 0.29) is 5.25 Å². The molecule has 1 aromatic carbocycles. The summed E-state index contributed by atoms with van der Waals surface area (Å²) in [7, 11) is 1.62. The molecular weight excluding hydrogens is 270 g/mol. The number of hydrogen-bond acceptors (Lipinski definition) is 5. The third-order valence-electron chi connectivity index (χ3n) is 2.41. The molecule has 0 radical (unpaired) electrons. The van der Waals surface area contributed by atoms with Gasteiger partial charge >= 0.3 is 0 Å². The zero-order valence-corrected chi connectivity index (χ0v) is 11.3. The Morgan fingerprint density at radius 3 is 2.50 bits per heavy atom. The van der Waals surface area contributed by atoms with Crippen molar-refractivity contribution in [2.75, 3.05) is 12.8 Å². The van der Waals surface area contributed by atoms with Gasteiger partial charge in [-0.25, -0.2) is 9.97 Å². The number of benzene rings is 1. The second kappa shape index (κ2) is 5.46. The van der Waals surface area contributed by atoms with E-state index in [1.54, 1.807) is 7.11 Å². The molecule has 94 valence electrons. The van der Waals surface area contributed by atoms with E-state index in [1.165, 1.54) is 6.07 Å². The second-order valence-corrected chi connectivity index (χ2v) is 4.55. The number of rotatable bonds is 3. The van der Waals surface area contributed by atoms with Crippen molar-refractivity contribution < 1.29 is 4.74 Å². The van der Waals surface area contributed by atoms with Crippen molar-refractivity contribution in [1.82, 2.24) is 9.97 Å². The number of nitrogen functional groups attached to an aromatic ring is 1. The maximum Gasteiger partial charge on any atom is 0.149 e. The molecule has 1 heterocycles. The summed E-state index contributed by atoms with van der Waals surface area (Å²) in [5.41, 5.74) is 6.58. The van der Waals surface area contributed by atoms with Crippen LogP contribution in [0.4, 0.5) is 5.82 Å². The molecular formula is C12H12ClN3OS. The Kier molecular flexibility index (Phi) is 3.93. The topological polar surface area (TPSA) is 61.0 Å². The first-order valence-corrected chi connectivity index (χ1v) is 6.11. The van der Waals surface area contributed by atoms with Crippen LogP contribution in [-0.2, 0) is 0 Å². The van der Waals surface area contributed by atoms with Gasteiger partial charge in [0.15, 0.2) is 0 Å². The van der Waals surface area contributed by atoms with Crippen molar-refractivity contribution in [1.29, 1.82) is 0 Å². The molecule has 18 heavy (non-hydrogen) atoms. The SMILES string of the molecule is COc1ccc(C(S)c2nc(N)cc(Cl)n2)cc1. The lowest BCUT2D eigenvalue weighted by Crippen LogP contribution is -2.03. The van der Waals surface area contributed by atoms with Gasteiger partial charge in [-0.15, -0.1) is 0 Å². The average Bonchev–Trinajstić information content (AvgIpc) is 2.37. The molecule has 0 aliphatic heterocycles. The Bertz CT molecular complexity index is 527. The van der Waals surface area contributed by atoms with Gasteiger partial charge in [0, 0.05) is 6.07 Å². The zero-order chi connectivity index (χ0) is 13.1. The molecule has 1 aromatic heterocycles. The number of halogens is 1. The summed E-state index contributed by atoms with van der Waals surface area (Å²) in [6.45, 7) is 0. The minimum Gasteiger partial charge on any atom is -0.497 e. The van der Waals surface area contributed by atoms with Crippen LogP contribution in [0.15, 0.2) is 30.3 Å². The molecule has 0 fully saturated rings. The molecule has 2 N–H and O–H groups in total. The molecule has 1 atom stereocenters. The van der Waals surface area contributed by atoms with Crippen molar-refractivity contribution in [3.8, 4) is 5.75 Å². The summed E-state index contributed by atoms with van der Waals surface area (Å²) < 4.78 is 5.10. The molecule has 0 amide bonds. The van der Waals surface area contributed by atoms with Gasteiger partial charge in [0.05, 0.1) is 12.4 Å². The Morgan fingerprint density at radius 2 is 1.94 bits per heavy atom. The number of hydrogen-bond donors (Lipinski definition) is 2. The van der Waals surface area contributed by atoms with Crippen molar-refractivity contribution in [2.45, 2.75) is 5.25 Å². The molecule has 4 nitrogen and oxygen atoms in total. The highest BCUT2D eigenvalue weighted by molar-refractivity contribution is 7.80. The lowest BCUT2D eigenvalue weighted by atomic mass is 10.1. The van der Waals surface area contributed by atoms with Crippen molar-refractivity contribution in [3.05, 3.63) is 46.9 Å². The standard InChI is InChI=1S/C12H12ClN3OS/c1-17-8-4-2-7(3-5-8)11(18)12-15-9(13)6-10(14)16-12/h2-6,11,18H,1H3,(H2,14,15,16). The number of anilines is 1. The lowest BCUT2D eigenvalue weighted by Gasteiger charge is -2.11. The maximum atomic E-state index is 5.84. The number of nitrogens with zero attached hydrogens (tertiary/aromatic N) is 2. The lowest BCUT2D eigenvalue weighted by molar-refractivity contribution is 0.414. The maximum absolute atomic E-state index is 5.84. The minimum atomic E-state index is -0.281. The van der Waals surface area contributed by atoms with Crippen LogP contribution in [0.2, 0.25) is 5.15 Å². The summed E-state index contributed by atoms with van der Waals surface area (Å²) in [5.74, 6) is 1.59. The molecule has 0 saturated heterocycles. The molecule has 2 rings (SSSR count). The normalized spacial score (nSPS) is 12.2. The van der Waals surface area contributed by atoms with Crippen LogP contribution >= 0.6 is 24.2 Å². The Morgan fingerprint density at radius 1 is 1.28 bits per heavy atom. The van der Waals surface area contributed by atoms with Crippen molar-refractivity contribution >= 4 is 30.0 Å². The summed E-state index contributed by atoms with van der Waals surface area (Å²) in [6.07, 6.45) is 0. The van der Waals surface area contributed by atoms with Crippen LogP contribution < -0.4 is 10.5 Å². The van der Waals surface area contributed by atoms with Crippen LogP contribution in [0.1, 0.15) is 16.6 Å². The van der Waals surface area contributed by atoms with Crippen LogP contribution in [-0.4, -0.2) is 17.1 Å². The van der Waals surface area contributed by atoms with E-state index in [2.05, 4.69) is 22.6 Å². The Labute approximate surface area is 116 Å². The van der Waals surface area contributed by atoms with E-state index in [1.807, 2.05) is 24.3 Å². The number of methoxy groups -OCH3 is 1. The van der Waals surface area contributed by atoms with E-state index in [0.717, 1.165) is 11.3 Å². The van der Waals surface area contributed by atoms with Gasteiger partial charge in [0.2, 0.25) is 0 Å². The smallest absolute Gasteiger partial charge is 0.149 e. The minimum absolute atomic E-state index is 0.281. The van der Waals surface area contributed by atoms with Gasteiger partial charge in [-0.05, 0) is 17.7 Å². The molecule has 2 aromatic rings. The van der Waals surface area contributed by atoms with E-state index in [0.29, 0.717) is 16.8 Å². The number of aromatic nitrogens is 2. The number of ether oxygens (including phenoxy) is 1. The highest BCUT2D eigenvalue weighted by Gasteiger charge is 2.14. The molecule has 0 saturated carbocycles. The fraction of sp³-hybridized carbons (Fsp3) is 0.167. The van der Waals surface area contributed by atoms with E-state index in [4.69, 9.17) is 22.1 Å². The molecule has 0 bridgehead atoms. The summed E-state index contributed by atoms with van der Waals surface area (Å²) >= 11 is 10.3. The van der Waals surface area contributed by atoms with Gasteiger partial charge in [0.1, 0.15) is 22.5 Å². The van der Waals surface area contributed by atoms with Gasteiger partial charge in [0.25, 0.3) is 0 Å². The van der Waals surface area contributed by atoms with Crippen LogP contribution in [0, 0.1) is 0 Å². The van der Waals surface area contributed by atoms with Gasteiger partial charge < -0.3 is 10.5 Å². The van der Waals surface area contributed by atoms with E-state index < -0.39 is 0 Å². The Hall–Kier alpha value is -1.46. The molecule has 6 heteroatoms. The number of nitrogens with two attached hydrogens (primary N) is 1. The predicted octanol–water partition coefficient (Wildman–Crippen LogP) is 2.74. The zero-order valence-electron chi connectivity index (χ0n) is 9.67. The third kappa shape index (κ3) is 2.86. The average molecular weight is 282 g/mol. The monoisotopic (exact) mass is 281 g/mol. The van der Waals surface area contributed by atoms with Crippen molar-refractivity contribution in [2.24, 2.45) is 0 Å². The first-order valence-electron chi connectivity index (χ1n) is 5.22. The predicted molar refractivity (Wildman–Crippen MR) is 75.3 cm³/mol. The van der Waals surface area contributed by atoms with Crippen LogP contribution in [0.5, 0.6) is 5.75 Å². The van der Waals surface area contributed by atoms with E-state index >= 15 is 0 Å². The summed E-state index contributed by atoms with van der Waals surface area (Å²) in [4.78, 5) is 8.25. The largest absolute Gasteiger partial charge is 0.497 e. The molecule has 0 spiro atoms. The molecule has 0 aliphatic carbocycles. The summed E-state index contributed by atoms with van der Waals surface area (Å²) in [6, 6.07) is 9.01. The first-order chi connectivity index (χ1) is 8.60. The first kappa shape index (κ1) is 13.0. The van der Waals surface area contributed by atoms with Crippen LogP contribution in [0.3, 0.4) is 0 Å². The van der Waals surface area contributed by atoms with E-state index in [9.17, 15) is 0 Å². The number of thiol groups is 1. The second-order valence-electron chi connectivity index (χ2n) is 3.65. The van der Waals surface area contributed by atoms with Crippen LogP contribution in [0.25, 0.3) is 0 Å². The quantitative estimate of drug-likeness (QED) is 0.671. The third-order valence-corrected chi connectivity index (χ3v) is 3.13. The fourth-order valence-corrected chi connectivity index (χ4v) is 2.00. The Balaban J connectivity index is 2.31. The highest BCUT2D eigenvalue weighted by Crippen LogP contribution is 2.28. The van der Waals surface area contributed by atoms with Gasteiger partial charge in [-0.1, -0.05) is 23.7 Å². The van der Waals surface area contributed by atoms with Gasteiger partial charge in [-0.3, -0.25) is 0 Å². The molecule has 1 unspecified atom stereocenters. The van der Waals surface area contributed by atoms with Crippen molar-refractivity contribution in [3.63, 3.8) is 0 Å². The summed E-state index contributed by atoms with van der Waals surface area (Å²) in [5, 5.41) is 0.0296. The van der Waals surface area contributed by atoms with Gasteiger partial charge in [-0.2, -0.15) is 12.6 Å².